The fraction of sp³-hybridized carbons (Fsp3) is 0.400. The standard InChI is InChI=1S/C20H26N2/c1-3-8-18(9-4-1)12-15-22-14-7-13-21-17-20(22)16-19-10-5-2-6-11-19/h1-6,8-11,20-21H,7,12-17H2. The molecule has 2 aromatic rings. The van der Waals surface area contributed by atoms with Gasteiger partial charge in [0.05, 0.1) is 0 Å². The molecule has 2 aromatic carbocycles. The summed E-state index contributed by atoms with van der Waals surface area (Å²) < 4.78 is 0. The maximum Gasteiger partial charge on any atom is 0.0261 e. The molecule has 1 N–H and O–H groups in total. The molecule has 0 aromatic heterocycles. The smallest absolute Gasteiger partial charge is 0.0261 e. The average molecular weight is 294 g/mol. The highest BCUT2D eigenvalue weighted by molar-refractivity contribution is 5.17. The number of hydrogen-bond acceptors (Lipinski definition) is 2. The number of benzene rings is 2. The molecule has 2 heteroatoms. The van der Waals surface area contributed by atoms with Crippen LogP contribution in [-0.4, -0.2) is 37.1 Å². The van der Waals surface area contributed by atoms with E-state index < -0.39 is 0 Å². The van der Waals surface area contributed by atoms with Gasteiger partial charge in [0, 0.05) is 19.1 Å². The summed E-state index contributed by atoms with van der Waals surface area (Å²) in [6.07, 6.45) is 3.54. The molecule has 1 atom stereocenters. The van der Waals surface area contributed by atoms with Crippen LogP contribution in [0.4, 0.5) is 0 Å². The Bertz CT molecular complexity index is 538. The van der Waals surface area contributed by atoms with Crippen LogP contribution in [0.1, 0.15) is 17.5 Å². The zero-order chi connectivity index (χ0) is 15.0. The topological polar surface area (TPSA) is 15.3 Å². The zero-order valence-electron chi connectivity index (χ0n) is 13.2. The van der Waals surface area contributed by atoms with E-state index in [9.17, 15) is 0 Å². The van der Waals surface area contributed by atoms with Crippen LogP contribution in [0.15, 0.2) is 60.7 Å². The molecule has 22 heavy (non-hydrogen) atoms. The van der Waals surface area contributed by atoms with Gasteiger partial charge in [0.15, 0.2) is 0 Å². The number of nitrogens with zero attached hydrogens (tertiary/aromatic N) is 1. The van der Waals surface area contributed by atoms with Crippen molar-refractivity contribution < 1.29 is 0 Å². The predicted molar refractivity (Wildman–Crippen MR) is 93.1 cm³/mol. The fourth-order valence-corrected chi connectivity index (χ4v) is 3.29. The first-order valence-corrected chi connectivity index (χ1v) is 8.44. The lowest BCUT2D eigenvalue weighted by molar-refractivity contribution is 0.210. The molecule has 0 amide bonds. The molecular weight excluding hydrogens is 268 g/mol. The van der Waals surface area contributed by atoms with Gasteiger partial charge < -0.3 is 5.32 Å². The molecule has 116 valence electrons. The molecule has 1 fully saturated rings. The molecule has 2 nitrogen and oxygen atoms in total. The molecular formula is C20H26N2. The summed E-state index contributed by atoms with van der Waals surface area (Å²) in [6.45, 7) is 4.61. The van der Waals surface area contributed by atoms with Crippen molar-refractivity contribution in [1.29, 1.82) is 0 Å². The second kappa shape index (κ2) is 8.11. The molecule has 0 saturated carbocycles. The van der Waals surface area contributed by atoms with Crippen LogP contribution in [-0.2, 0) is 12.8 Å². The van der Waals surface area contributed by atoms with Crippen molar-refractivity contribution >= 4 is 0 Å². The summed E-state index contributed by atoms with van der Waals surface area (Å²) in [5, 5.41) is 3.60. The van der Waals surface area contributed by atoms with Crippen LogP contribution in [0.3, 0.4) is 0 Å². The highest BCUT2D eigenvalue weighted by atomic mass is 15.2. The van der Waals surface area contributed by atoms with E-state index in [1.165, 1.54) is 24.1 Å². The predicted octanol–water partition coefficient (Wildman–Crippen LogP) is 3.14. The lowest BCUT2D eigenvalue weighted by Gasteiger charge is -2.30. The lowest BCUT2D eigenvalue weighted by Crippen LogP contribution is -2.42. The van der Waals surface area contributed by atoms with Crippen molar-refractivity contribution in [2.75, 3.05) is 26.2 Å². The van der Waals surface area contributed by atoms with Crippen LogP contribution >= 0.6 is 0 Å². The maximum absolute atomic E-state index is 3.60. The monoisotopic (exact) mass is 294 g/mol. The Labute approximate surface area is 134 Å². The molecule has 1 unspecified atom stereocenters. The largest absolute Gasteiger partial charge is 0.315 e. The van der Waals surface area contributed by atoms with E-state index in [2.05, 4.69) is 70.9 Å². The molecule has 0 bridgehead atoms. The van der Waals surface area contributed by atoms with Crippen LogP contribution in [0.5, 0.6) is 0 Å². The van der Waals surface area contributed by atoms with Crippen LogP contribution in [0, 0.1) is 0 Å². The Kier molecular flexibility index (Phi) is 5.63. The fourth-order valence-electron chi connectivity index (χ4n) is 3.29. The highest BCUT2D eigenvalue weighted by Crippen LogP contribution is 2.13. The minimum Gasteiger partial charge on any atom is -0.315 e. The van der Waals surface area contributed by atoms with Gasteiger partial charge in [0.25, 0.3) is 0 Å². The van der Waals surface area contributed by atoms with Gasteiger partial charge in [-0.2, -0.15) is 0 Å². The van der Waals surface area contributed by atoms with Gasteiger partial charge in [0.1, 0.15) is 0 Å². The summed E-state index contributed by atoms with van der Waals surface area (Å²) >= 11 is 0. The van der Waals surface area contributed by atoms with E-state index in [1.807, 2.05) is 0 Å². The molecule has 0 spiro atoms. The molecule has 0 aliphatic carbocycles. The Morgan fingerprint density at radius 2 is 1.59 bits per heavy atom. The average Bonchev–Trinajstić information content (AvgIpc) is 2.80. The van der Waals surface area contributed by atoms with Crippen molar-refractivity contribution in [2.24, 2.45) is 0 Å². The Morgan fingerprint density at radius 1 is 0.909 bits per heavy atom. The van der Waals surface area contributed by atoms with Gasteiger partial charge in [0.2, 0.25) is 0 Å². The Morgan fingerprint density at radius 3 is 2.32 bits per heavy atom. The Hall–Kier alpha value is -1.64. The van der Waals surface area contributed by atoms with E-state index in [4.69, 9.17) is 0 Å². The summed E-state index contributed by atoms with van der Waals surface area (Å²) in [7, 11) is 0. The summed E-state index contributed by atoms with van der Waals surface area (Å²) in [5.74, 6) is 0. The minimum absolute atomic E-state index is 0.605. The van der Waals surface area contributed by atoms with Crippen LogP contribution < -0.4 is 5.32 Å². The van der Waals surface area contributed by atoms with E-state index in [-0.39, 0.29) is 0 Å². The second-order valence-electron chi connectivity index (χ2n) is 6.17. The third-order valence-electron chi connectivity index (χ3n) is 4.54. The third kappa shape index (κ3) is 4.43. The van der Waals surface area contributed by atoms with Gasteiger partial charge >= 0.3 is 0 Å². The van der Waals surface area contributed by atoms with Crippen molar-refractivity contribution in [3.8, 4) is 0 Å². The molecule has 1 aliphatic rings. The van der Waals surface area contributed by atoms with Gasteiger partial charge in [-0.3, -0.25) is 4.90 Å². The minimum atomic E-state index is 0.605. The normalized spacial score (nSPS) is 19.7. The highest BCUT2D eigenvalue weighted by Gasteiger charge is 2.20. The van der Waals surface area contributed by atoms with E-state index in [0.29, 0.717) is 6.04 Å². The quantitative estimate of drug-likeness (QED) is 0.911. The van der Waals surface area contributed by atoms with Gasteiger partial charge in [-0.05, 0) is 43.5 Å². The first kappa shape index (κ1) is 15.3. The number of nitrogens with one attached hydrogen (secondary N) is 1. The number of hydrogen-bond donors (Lipinski definition) is 1. The maximum atomic E-state index is 3.60. The lowest BCUT2D eigenvalue weighted by atomic mass is 10.0. The van der Waals surface area contributed by atoms with Crippen molar-refractivity contribution in [3.63, 3.8) is 0 Å². The van der Waals surface area contributed by atoms with E-state index >= 15 is 0 Å². The molecule has 0 radical (unpaired) electrons. The van der Waals surface area contributed by atoms with Crippen molar-refractivity contribution in [1.82, 2.24) is 10.2 Å². The molecule has 1 aliphatic heterocycles. The zero-order valence-corrected chi connectivity index (χ0v) is 13.2. The summed E-state index contributed by atoms with van der Waals surface area (Å²) in [4.78, 5) is 2.68. The number of rotatable bonds is 5. The molecule has 3 rings (SSSR count). The first-order chi connectivity index (χ1) is 10.9. The molecule has 1 heterocycles. The van der Waals surface area contributed by atoms with Gasteiger partial charge in [-0.25, -0.2) is 0 Å². The van der Waals surface area contributed by atoms with Crippen molar-refractivity contribution in [2.45, 2.75) is 25.3 Å². The third-order valence-corrected chi connectivity index (χ3v) is 4.54. The van der Waals surface area contributed by atoms with Gasteiger partial charge in [-0.15, -0.1) is 0 Å². The van der Waals surface area contributed by atoms with Crippen molar-refractivity contribution in [3.05, 3.63) is 71.8 Å². The van der Waals surface area contributed by atoms with Gasteiger partial charge in [-0.1, -0.05) is 60.7 Å². The van der Waals surface area contributed by atoms with E-state index in [0.717, 1.165) is 32.5 Å². The van der Waals surface area contributed by atoms with E-state index in [1.54, 1.807) is 0 Å². The first-order valence-electron chi connectivity index (χ1n) is 8.44. The summed E-state index contributed by atoms with van der Waals surface area (Å²) in [5.41, 5.74) is 2.89. The van der Waals surface area contributed by atoms with Crippen LogP contribution in [0.2, 0.25) is 0 Å². The SMILES string of the molecule is c1ccc(CCN2CCCNCC2Cc2ccccc2)cc1. The van der Waals surface area contributed by atoms with Crippen LogP contribution in [0.25, 0.3) is 0 Å². The summed E-state index contributed by atoms with van der Waals surface area (Å²) in [6, 6.07) is 22.3. The second-order valence-corrected chi connectivity index (χ2v) is 6.17. The molecule has 1 saturated heterocycles. The Balaban J connectivity index is 1.63.